The molecule has 1 aromatic heterocycles. The Hall–Kier alpha value is -1.07. The summed E-state index contributed by atoms with van der Waals surface area (Å²) in [5.41, 5.74) is 0.592. The smallest absolute Gasteiger partial charge is 0.282 e. The van der Waals surface area contributed by atoms with Crippen LogP contribution in [0.5, 0.6) is 0 Å². The summed E-state index contributed by atoms with van der Waals surface area (Å²) in [5.74, 6) is -0.0439. The van der Waals surface area contributed by atoms with E-state index in [1.165, 1.54) is 9.78 Å². The van der Waals surface area contributed by atoms with Gasteiger partial charge in [0, 0.05) is 5.02 Å². The maximum absolute atomic E-state index is 12.5. The van der Waals surface area contributed by atoms with Crippen molar-refractivity contribution in [1.29, 1.82) is 0 Å². The SMILES string of the molecule is CC[NH+](Cc1cccs1)[C@H](C)C(=O)Nc1ccc(Cl)cc1Cl. The summed E-state index contributed by atoms with van der Waals surface area (Å²) in [5, 5.41) is 5.94. The van der Waals surface area contributed by atoms with Crippen LogP contribution < -0.4 is 10.2 Å². The summed E-state index contributed by atoms with van der Waals surface area (Å²) >= 11 is 13.7. The van der Waals surface area contributed by atoms with Crippen molar-refractivity contribution in [2.75, 3.05) is 11.9 Å². The molecule has 6 heteroatoms. The van der Waals surface area contributed by atoms with E-state index >= 15 is 0 Å². The molecule has 3 nitrogen and oxygen atoms in total. The number of thiophene rings is 1. The van der Waals surface area contributed by atoms with E-state index in [1.54, 1.807) is 29.5 Å². The van der Waals surface area contributed by atoms with E-state index in [1.807, 2.05) is 13.0 Å². The molecule has 1 heterocycles. The molecule has 1 unspecified atom stereocenters. The number of hydrogen-bond acceptors (Lipinski definition) is 2. The van der Waals surface area contributed by atoms with Crippen molar-refractivity contribution in [3.05, 3.63) is 50.6 Å². The molecule has 0 radical (unpaired) electrons. The highest BCUT2D eigenvalue weighted by Crippen LogP contribution is 2.25. The Morgan fingerprint density at radius 1 is 1.36 bits per heavy atom. The van der Waals surface area contributed by atoms with Gasteiger partial charge >= 0.3 is 0 Å². The van der Waals surface area contributed by atoms with Crippen LogP contribution in [0.4, 0.5) is 5.69 Å². The van der Waals surface area contributed by atoms with Crippen LogP contribution in [0, 0.1) is 0 Å². The normalized spacial score (nSPS) is 13.6. The van der Waals surface area contributed by atoms with Crippen molar-refractivity contribution < 1.29 is 9.69 Å². The lowest BCUT2D eigenvalue weighted by Gasteiger charge is -2.23. The highest BCUT2D eigenvalue weighted by molar-refractivity contribution is 7.09. The molecule has 0 saturated carbocycles. The van der Waals surface area contributed by atoms with Gasteiger partial charge in [0.25, 0.3) is 5.91 Å². The fourth-order valence-electron chi connectivity index (χ4n) is 2.24. The molecule has 2 rings (SSSR count). The third-order valence-corrected chi connectivity index (χ3v) is 5.05. The van der Waals surface area contributed by atoms with Crippen molar-refractivity contribution in [3.8, 4) is 0 Å². The van der Waals surface area contributed by atoms with Gasteiger partial charge in [0.1, 0.15) is 6.54 Å². The van der Waals surface area contributed by atoms with E-state index in [4.69, 9.17) is 23.2 Å². The van der Waals surface area contributed by atoms with Gasteiger partial charge in [-0.1, -0.05) is 29.3 Å². The zero-order chi connectivity index (χ0) is 16.1. The number of rotatable bonds is 6. The van der Waals surface area contributed by atoms with Crippen LogP contribution in [0.1, 0.15) is 18.7 Å². The first-order chi connectivity index (χ1) is 10.5. The predicted molar refractivity (Wildman–Crippen MR) is 94.1 cm³/mol. The Morgan fingerprint density at radius 2 is 2.14 bits per heavy atom. The van der Waals surface area contributed by atoms with E-state index in [2.05, 4.69) is 23.7 Å². The van der Waals surface area contributed by atoms with Crippen LogP contribution in [0.25, 0.3) is 0 Å². The molecular formula is C16H19Cl2N2OS+. The number of anilines is 1. The van der Waals surface area contributed by atoms with Gasteiger partial charge in [-0.2, -0.15) is 0 Å². The summed E-state index contributed by atoms with van der Waals surface area (Å²) < 4.78 is 0. The standard InChI is InChI=1S/C16H18Cl2N2OS/c1-3-20(10-13-5-4-8-22-13)11(2)16(21)19-15-7-6-12(17)9-14(15)18/h4-9,11H,3,10H2,1-2H3,(H,19,21)/p+1/t11-/m1/s1. The highest BCUT2D eigenvalue weighted by Gasteiger charge is 2.24. The Labute approximate surface area is 144 Å². The van der Waals surface area contributed by atoms with Crippen LogP contribution in [0.2, 0.25) is 10.0 Å². The van der Waals surface area contributed by atoms with Gasteiger partial charge in [0.15, 0.2) is 6.04 Å². The second-order valence-corrected chi connectivity index (χ2v) is 6.98. The third-order valence-electron chi connectivity index (χ3n) is 3.63. The zero-order valence-electron chi connectivity index (χ0n) is 12.5. The minimum atomic E-state index is -0.168. The number of benzene rings is 1. The highest BCUT2D eigenvalue weighted by atomic mass is 35.5. The van der Waals surface area contributed by atoms with Crippen LogP contribution in [0.15, 0.2) is 35.7 Å². The lowest BCUT2D eigenvalue weighted by molar-refractivity contribution is -0.925. The van der Waals surface area contributed by atoms with E-state index in [-0.39, 0.29) is 11.9 Å². The average Bonchev–Trinajstić information content (AvgIpc) is 3.00. The summed E-state index contributed by atoms with van der Waals surface area (Å²) in [4.78, 5) is 14.9. The molecule has 0 fully saturated rings. The average molecular weight is 358 g/mol. The molecule has 22 heavy (non-hydrogen) atoms. The van der Waals surface area contributed by atoms with Crippen molar-refractivity contribution in [2.45, 2.75) is 26.4 Å². The molecule has 2 aromatic rings. The quantitative estimate of drug-likeness (QED) is 0.814. The number of hydrogen-bond donors (Lipinski definition) is 2. The monoisotopic (exact) mass is 357 g/mol. The lowest BCUT2D eigenvalue weighted by atomic mass is 10.2. The number of likely N-dealkylation sites (N-methyl/N-ethyl adjacent to an activating group) is 1. The van der Waals surface area contributed by atoms with E-state index in [0.29, 0.717) is 15.7 Å². The summed E-state index contributed by atoms with van der Waals surface area (Å²) in [6.07, 6.45) is 0. The second-order valence-electron chi connectivity index (χ2n) is 5.10. The first-order valence-electron chi connectivity index (χ1n) is 7.14. The molecule has 0 aliphatic heterocycles. The van der Waals surface area contributed by atoms with Gasteiger partial charge in [0.05, 0.1) is 22.1 Å². The number of nitrogens with one attached hydrogen (secondary N) is 2. The number of carbonyl (C=O) groups excluding carboxylic acids is 1. The molecule has 0 bridgehead atoms. The Bertz CT molecular complexity index is 631. The van der Waals surface area contributed by atoms with E-state index in [0.717, 1.165) is 13.1 Å². The Balaban J connectivity index is 2.03. The maximum Gasteiger partial charge on any atom is 0.282 e. The number of carbonyl (C=O) groups is 1. The molecule has 0 aliphatic rings. The molecular weight excluding hydrogens is 339 g/mol. The Morgan fingerprint density at radius 3 is 2.73 bits per heavy atom. The van der Waals surface area contributed by atoms with Crippen molar-refractivity contribution in [1.82, 2.24) is 0 Å². The van der Waals surface area contributed by atoms with Crippen LogP contribution in [-0.2, 0) is 11.3 Å². The van der Waals surface area contributed by atoms with Crippen LogP contribution in [-0.4, -0.2) is 18.5 Å². The number of quaternary nitrogens is 1. The molecule has 2 atom stereocenters. The lowest BCUT2D eigenvalue weighted by Crippen LogP contribution is -3.15. The minimum Gasteiger partial charge on any atom is -0.321 e. The largest absolute Gasteiger partial charge is 0.321 e. The maximum atomic E-state index is 12.5. The minimum absolute atomic E-state index is 0.0439. The number of halogens is 2. The molecule has 0 spiro atoms. The fraction of sp³-hybridized carbons (Fsp3) is 0.312. The van der Waals surface area contributed by atoms with Crippen molar-refractivity contribution in [3.63, 3.8) is 0 Å². The molecule has 2 N–H and O–H groups in total. The van der Waals surface area contributed by atoms with Crippen molar-refractivity contribution in [2.24, 2.45) is 0 Å². The molecule has 0 aliphatic carbocycles. The van der Waals surface area contributed by atoms with E-state index < -0.39 is 0 Å². The Kier molecular flexibility index (Phi) is 6.26. The summed E-state index contributed by atoms with van der Waals surface area (Å²) in [6.45, 7) is 5.74. The number of amides is 1. The fourth-order valence-corrected chi connectivity index (χ4v) is 3.45. The third kappa shape index (κ3) is 4.46. The van der Waals surface area contributed by atoms with Gasteiger partial charge in [-0.25, -0.2) is 0 Å². The van der Waals surface area contributed by atoms with Gasteiger partial charge in [-0.05, 0) is 43.5 Å². The van der Waals surface area contributed by atoms with Crippen molar-refractivity contribution >= 4 is 46.1 Å². The van der Waals surface area contributed by atoms with Gasteiger partial charge in [-0.3, -0.25) is 4.79 Å². The van der Waals surface area contributed by atoms with E-state index in [9.17, 15) is 4.79 Å². The van der Waals surface area contributed by atoms with Gasteiger partial charge in [0.2, 0.25) is 0 Å². The van der Waals surface area contributed by atoms with Crippen LogP contribution >= 0.6 is 34.5 Å². The predicted octanol–water partition coefficient (Wildman–Crippen LogP) is 3.49. The van der Waals surface area contributed by atoms with Gasteiger partial charge < -0.3 is 10.2 Å². The molecule has 118 valence electrons. The zero-order valence-corrected chi connectivity index (χ0v) is 14.9. The first kappa shape index (κ1) is 17.3. The molecule has 0 saturated heterocycles. The van der Waals surface area contributed by atoms with Crippen LogP contribution in [0.3, 0.4) is 0 Å². The van der Waals surface area contributed by atoms with Gasteiger partial charge in [-0.15, -0.1) is 11.3 Å². The second kappa shape index (κ2) is 7.97. The summed E-state index contributed by atoms with van der Waals surface area (Å²) in [7, 11) is 0. The summed E-state index contributed by atoms with van der Waals surface area (Å²) in [6, 6.07) is 9.02. The molecule has 1 aromatic carbocycles. The topological polar surface area (TPSA) is 33.5 Å². The first-order valence-corrected chi connectivity index (χ1v) is 8.77. The molecule has 1 amide bonds.